The van der Waals surface area contributed by atoms with E-state index < -0.39 is 0 Å². The minimum Gasteiger partial charge on any atom is -0.353 e. The van der Waals surface area contributed by atoms with E-state index in [-0.39, 0.29) is 16.9 Å². The van der Waals surface area contributed by atoms with Crippen LogP contribution >= 0.6 is 0 Å². The van der Waals surface area contributed by atoms with E-state index in [1.54, 1.807) is 0 Å². The van der Waals surface area contributed by atoms with Crippen LogP contribution in [0, 0.1) is 0 Å². The summed E-state index contributed by atoms with van der Waals surface area (Å²) in [5.74, 6) is 0.158. The maximum Gasteiger partial charge on any atom is 0.230 e. The van der Waals surface area contributed by atoms with Crippen molar-refractivity contribution in [3.05, 3.63) is 35.9 Å². The predicted octanol–water partition coefficient (Wildman–Crippen LogP) is 1.72. The Balaban J connectivity index is 1.65. The van der Waals surface area contributed by atoms with Gasteiger partial charge in [-0.05, 0) is 37.7 Å². The molecule has 1 aromatic carbocycles. The number of nitrogens with one attached hydrogen (secondary N) is 1. The molecule has 3 heteroatoms. The zero-order chi connectivity index (χ0) is 12.6. The summed E-state index contributed by atoms with van der Waals surface area (Å²) in [6.45, 7) is 0.625. The molecular formula is C15H20N2O. The highest BCUT2D eigenvalue weighted by molar-refractivity contribution is 5.91. The van der Waals surface area contributed by atoms with E-state index in [0.29, 0.717) is 6.54 Å². The first-order valence-corrected chi connectivity index (χ1v) is 6.77. The van der Waals surface area contributed by atoms with Gasteiger partial charge in [0.2, 0.25) is 5.91 Å². The number of rotatable bonds is 4. The fourth-order valence-corrected chi connectivity index (χ4v) is 2.76. The van der Waals surface area contributed by atoms with Crippen molar-refractivity contribution < 1.29 is 4.79 Å². The summed E-state index contributed by atoms with van der Waals surface area (Å²) in [5, 5.41) is 3.06. The molecule has 0 saturated heterocycles. The fraction of sp³-hybridized carbons (Fsp3) is 0.533. The van der Waals surface area contributed by atoms with Crippen molar-refractivity contribution in [1.29, 1.82) is 0 Å². The van der Waals surface area contributed by atoms with Gasteiger partial charge in [-0.1, -0.05) is 30.3 Å². The third-order valence-corrected chi connectivity index (χ3v) is 4.46. The summed E-state index contributed by atoms with van der Waals surface area (Å²) in [5.41, 5.74) is 6.88. The Labute approximate surface area is 108 Å². The first-order valence-electron chi connectivity index (χ1n) is 6.77. The Morgan fingerprint density at radius 1 is 1.17 bits per heavy atom. The SMILES string of the molecule is NC1(CNC(=O)C2(c3ccccc3)CC2)CCC1. The maximum absolute atomic E-state index is 12.3. The highest BCUT2D eigenvalue weighted by Gasteiger charge is 2.51. The van der Waals surface area contributed by atoms with Gasteiger partial charge in [0.05, 0.1) is 5.41 Å². The van der Waals surface area contributed by atoms with Crippen molar-refractivity contribution in [1.82, 2.24) is 5.32 Å². The molecule has 96 valence electrons. The van der Waals surface area contributed by atoms with Crippen LogP contribution in [0.3, 0.4) is 0 Å². The first-order chi connectivity index (χ1) is 8.65. The van der Waals surface area contributed by atoms with E-state index in [0.717, 1.165) is 31.2 Å². The average molecular weight is 244 g/mol. The lowest BCUT2D eigenvalue weighted by Crippen LogP contribution is -2.56. The summed E-state index contributed by atoms with van der Waals surface area (Å²) in [7, 11) is 0. The lowest BCUT2D eigenvalue weighted by molar-refractivity contribution is -0.124. The summed E-state index contributed by atoms with van der Waals surface area (Å²) in [4.78, 5) is 12.3. The lowest BCUT2D eigenvalue weighted by atomic mass is 9.77. The smallest absolute Gasteiger partial charge is 0.230 e. The quantitative estimate of drug-likeness (QED) is 0.847. The first kappa shape index (κ1) is 11.7. The summed E-state index contributed by atoms with van der Waals surface area (Å²) in [6, 6.07) is 10.1. The van der Waals surface area contributed by atoms with Crippen LogP contribution in [-0.2, 0) is 10.2 Å². The molecule has 2 aliphatic rings. The minimum absolute atomic E-state index is 0.136. The van der Waals surface area contributed by atoms with Gasteiger partial charge in [-0.15, -0.1) is 0 Å². The van der Waals surface area contributed by atoms with Gasteiger partial charge in [0.1, 0.15) is 0 Å². The zero-order valence-corrected chi connectivity index (χ0v) is 10.6. The molecule has 2 saturated carbocycles. The molecule has 0 radical (unpaired) electrons. The molecule has 0 heterocycles. The fourth-order valence-electron chi connectivity index (χ4n) is 2.76. The van der Waals surface area contributed by atoms with Crippen molar-refractivity contribution in [3.63, 3.8) is 0 Å². The second-order valence-electron chi connectivity index (χ2n) is 5.85. The van der Waals surface area contributed by atoms with Gasteiger partial charge < -0.3 is 11.1 Å². The van der Waals surface area contributed by atoms with Crippen LogP contribution in [0.4, 0.5) is 0 Å². The molecular weight excluding hydrogens is 224 g/mol. The number of benzene rings is 1. The highest BCUT2D eigenvalue weighted by atomic mass is 16.2. The van der Waals surface area contributed by atoms with Gasteiger partial charge in [0, 0.05) is 12.1 Å². The largest absolute Gasteiger partial charge is 0.353 e. The van der Waals surface area contributed by atoms with E-state index in [2.05, 4.69) is 5.32 Å². The molecule has 0 bridgehead atoms. The zero-order valence-electron chi connectivity index (χ0n) is 10.6. The van der Waals surface area contributed by atoms with Crippen molar-refractivity contribution >= 4 is 5.91 Å². The molecule has 0 atom stereocenters. The lowest BCUT2D eigenvalue weighted by Gasteiger charge is -2.38. The van der Waals surface area contributed by atoms with Crippen molar-refractivity contribution in [2.75, 3.05) is 6.54 Å². The molecule has 18 heavy (non-hydrogen) atoms. The summed E-state index contributed by atoms with van der Waals surface area (Å²) >= 11 is 0. The predicted molar refractivity (Wildman–Crippen MR) is 71.1 cm³/mol. The maximum atomic E-state index is 12.3. The molecule has 1 amide bonds. The molecule has 3 rings (SSSR count). The second-order valence-corrected chi connectivity index (χ2v) is 5.85. The number of carbonyl (C=O) groups is 1. The van der Waals surface area contributed by atoms with E-state index in [1.807, 2.05) is 30.3 Å². The third kappa shape index (κ3) is 1.93. The normalized spacial score (nSPS) is 22.9. The Morgan fingerprint density at radius 2 is 1.83 bits per heavy atom. The number of nitrogens with two attached hydrogens (primary N) is 1. The van der Waals surface area contributed by atoms with Crippen LogP contribution < -0.4 is 11.1 Å². The van der Waals surface area contributed by atoms with Gasteiger partial charge in [-0.3, -0.25) is 4.79 Å². The van der Waals surface area contributed by atoms with E-state index in [1.165, 1.54) is 6.42 Å². The van der Waals surface area contributed by atoms with Gasteiger partial charge in [0.15, 0.2) is 0 Å². The summed E-state index contributed by atoms with van der Waals surface area (Å²) in [6.07, 6.45) is 5.17. The van der Waals surface area contributed by atoms with Crippen molar-refractivity contribution in [2.45, 2.75) is 43.1 Å². The van der Waals surface area contributed by atoms with Gasteiger partial charge >= 0.3 is 0 Å². The number of amides is 1. The molecule has 0 spiro atoms. The monoisotopic (exact) mass is 244 g/mol. The van der Waals surface area contributed by atoms with Crippen LogP contribution in [-0.4, -0.2) is 18.0 Å². The Morgan fingerprint density at radius 3 is 2.33 bits per heavy atom. The van der Waals surface area contributed by atoms with Gasteiger partial charge in [-0.2, -0.15) is 0 Å². The van der Waals surface area contributed by atoms with Crippen LogP contribution in [0.5, 0.6) is 0 Å². The minimum atomic E-state index is -0.263. The molecule has 2 aliphatic carbocycles. The second kappa shape index (κ2) is 4.09. The van der Waals surface area contributed by atoms with E-state index >= 15 is 0 Å². The molecule has 0 unspecified atom stereocenters. The molecule has 1 aromatic rings. The van der Waals surface area contributed by atoms with Crippen molar-refractivity contribution in [3.8, 4) is 0 Å². The molecule has 2 fully saturated rings. The van der Waals surface area contributed by atoms with Crippen LogP contribution in [0.2, 0.25) is 0 Å². The average Bonchev–Trinajstić information content (AvgIpc) is 3.16. The Kier molecular flexibility index (Phi) is 2.67. The van der Waals surface area contributed by atoms with Gasteiger partial charge in [-0.25, -0.2) is 0 Å². The Hall–Kier alpha value is -1.35. The van der Waals surface area contributed by atoms with E-state index in [9.17, 15) is 4.79 Å². The van der Waals surface area contributed by atoms with Crippen LogP contribution in [0.1, 0.15) is 37.7 Å². The standard InChI is InChI=1S/C15H20N2O/c16-14(7-4-8-14)11-17-13(18)15(9-10-15)12-5-2-1-3-6-12/h1-3,5-6H,4,7-11,16H2,(H,17,18). The molecule has 0 aromatic heterocycles. The molecule has 0 aliphatic heterocycles. The van der Waals surface area contributed by atoms with Crippen molar-refractivity contribution in [2.24, 2.45) is 5.73 Å². The third-order valence-electron chi connectivity index (χ3n) is 4.46. The molecule has 3 N–H and O–H groups in total. The van der Waals surface area contributed by atoms with Gasteiger partial charge in [0.25, 0.3) is 0 Å². The summed E-state index contributed by atoms with van der Waals surface area (Å²) < 4.78 is 0. The number of carbonyl (C=O) groups excluding carboxylic acids is 1. The number of hydrogen-bond acceptors (Lipinski definition) is 2. The topological polar surface area (TPSA) is 55.1 Å². The molecule has 3 nitrogen and oxygen atoms in total. The highest BCUT2D eigenvalue weighted by Crippen LogP contribution is 2.48. The van der Waals surface area contributed by atoms with Crippen LogP contribution in [0.15, 0.2) is 30.3 Å². The van der Waals surface area contributed by atoms with E-state index in [4.69, 9.17) is 5.73 Å². The number of hydrogen-bond donors (Lipinski definition) is 2. The Bertz CT molecular complexity index is 447. The van der Waals surface area contributed by atoms with Crippen LogP contribution in [0.25, 0.3) is 0 Å².